The Hall–Kier alpha value is -1.70. The molecule has 19 heavy (non-hydrogen) atoms. The number of benzene rings is 1. The van der Waals surface area contributed by atoms with Crippen molar-refractivity contribution in [2.24, 2.45) is 0 Å². The second-order valence-electron chi connectivity index (χ2n) is 4.36. The van der Waals surface area contributed by atoms with Crippen LogP contribution in [0.5, 0.6) is 0 Å². The monoisotopic (exact) mass is 289 g/mol. The number of aromatic nitrogens is 2. The molecule has 0 saturated heterocycles. The number of nitrogen functional groups attached to an aromatic ring is 1. The third-order valence-corrected chi connectivity index (χ3v) is 3.73. The Morgan fingerprint density at radius 2 is 2.05 bits per heavy atom. The minimum Gasteiger partial charge on any atom is -0.369 e. The van der Waals surface area contributed by atoms with E-state index in [1.54, 1.807) is 0 Å². The minimum atomic E-state index is -3.08. The summed E-state index contributed by atoms with van der Waals surface area (Å²) in [5.41, 5.74) is 5.85. The van der Waals surface area contributed by atoms with Gasteiger partial charge in [-0.05, 0) is 6.42 Å². The maximum atomic E-state index is 13.5. The normalized spacial score (nSPS) is 12.2. The zero-order chi connectivity index (χ0) is 14.2. The van der Waals surface area contributed by atoms with E-state index in [9.17, 15) is 17.2 Å². The Balaban J connectivity index is 2.35. The first-order valence-electron chi connectivity index (χ1n) is 5.56. The van der Waals surface area contributed by atoms with Crippen molar-refractivity contribution in [1.82, 2.24) is 9.55 Å². The molecule has 2 aromatic rings. The number of imidazole rings is 1. The Labute approximate surface area is 109 Å². The van der Waals surface area contributed by atoms with Crippen LogP contribution in [-0.2, 0) is 16.4 Å². The second-order valence-corrected chi connectivity index (χ2v) is 6.62. The molecule has 0 aliphatic heterocycles. The average molecular weight is 289 g/mol. The smallest absolute Gasteiger partial charge is 0.201 e. The molecule has 2 N–H and O–H groups in total. The molecule has 0 aliphatic carbocycles. The fourth-order valence-corrected chi connectivity index (χ4v) is 2.54. The first-order chi connectivity index (χ1) is 8.78. The third-order valence-electron chi connectivity index (χ3n) is 2.70. The number of rotatable bonds is 4. The van der Waals surface area contributed by atoms with Crippen molar-refractivity contribution in [3.05, 3.63) is 23.8 Å². The van der Waals surface area contributed by atoms with Crippen LogP contribution in [0.2, 0.25) is 0 Å². The minimum absolute atomic E-state index is 0.0155. The van der Waals surface area contributed by atoms with Crippen LogP contribution in [0, 0.1) is 11.6 Å². The van der Waals surface area contributed by atoms with Crippen LogP contribution in [-0.4, -0.2) is 30.0 Å². The van der Waals surface area contributed by atoms with Crippen molar-refractivity contribution in [3.63, 3.8) is 0 Å². The molecule has 2 rings (SSSR count). The van der Waals surface area contributed by atoms with E-state index < -0.39 is 21.5 Å². The van der Waals surface area contributed by atoms with E-state index in [0.717, 1.165) is 18.4 Å². The van der Waals surface area contributed by atoms with E-state index in [4.69, 9.17) is 5.73 Å². The average Bonchev–Trinajstić information content (AvgIpc) is 2.55. The Bertz CT molecular complexity index is 725. The highest BCUT2D eigenvalue weighted by atomic mass is 32.2. The van der Waals surface area contributed by atoms with E-state index in [-0.39, 0.29) is 29.3 Å². The predicted molar refractivity (Wildman–Crippen MR) is 68.4 cm³/mol. The molecule has 0 fully saturated rings. The van der Waals surface area contributed by atoms with Gasteiger partial charge in [-0.1, -0.05) is 0 Å². The molecule has 104 valence electrons. The van der Waals surface area contributed by atoms with Crippen molar-refractivity contribution in [3.8, 4) is 0 Å². The lowest BCUT2D eigenvalue weighted by Gasteiger charge is -2.05. The second kappa shape index (κ2) is 4.76. The van der Waals surface area contributed by atoms with E-state index in [2.05, 4.69) is 4.98 Å². The van der Waals surface area contributed by atoms with Gasteiger partial charge in [-0.3, -0.25) is 0 Å². The summed E-state index contributed by atoms with van der Waals surface area (Å²) in [6, 6.07) is 1.86. The number of halogens is 2. The van der Waals surface area contributed by atoms with Gasteiger partial charge in [-0.15, -0.1) is 0 Å². The molecule has 8 heteroatoms. The van der Waals surface area contributed by atoms with Gasteiger partial charge in [-0.25, -0.2) is 22.2 Å². The number of anilines is 1. The predicted octanol–water partition coefficient (Wildman–Crippen LogP) is 1.33. The number of aryl methyl sites for hydroxylation is 1. The van der Waals surface area contributed by atoms with Crippen LogP contribution in [0.1, 0.15) is 6.42 Å². The van der Waals surface area contributed by atoms with E-state index >= 15 is 0 Å². The number of sulfone groups is 1. The van der Waals surface area contributed by atoms with Crippen LogP contribution in [0.25, 0.3) is 11.0 Å². The standard InChI is InChI=1S/C11H13F2N3O2S/c1-19(17,18)4-2-3-16-9-6-7(12)5-8(13)10(9)15-11(16)14/h5-6H,2-4H2,1H3,(H2,14,15). The van der Waals surface area contributed by atoms with Crippen LogP contribution in [0.3, 0.4) is 0 Å². The molecule has 0 aliphatic rings. The number of fused-ring (bicyclic) bond motifs is 1. The van der Waals surface area contributed by atoms with Crippen molar-refractivity contribution < 1.29 is 17.2 Å². The SMILES string of the molecule is CS(=O)(=O)CCCn1c(N)nc2c(F)cc(F)cc21. The lowest BCUT2D eigenvalue weighted by Crippen LogP contribution is -2.09. The molecule has 1 aromatic carbocycles. The summed E-state index contributed by atoms with van der Waals surface area (Å²) in [5.74, 6) is -1.50. The fourth-order valence-electron chi connectivity index (χ4n) is 1.89. The molecule has 1 aromatic heterocycles. The molecule has 0 saturated carbocycles. The third kappa shape index (κ3) is 3.01. The van der Waals surface area contributed by atoms with Crippen molar-refractivity contribution >= 4 is 26.8 Å². The molecule has 0 radical (unpaired) electrons. The topological polar surface area (TPSA) is 78.0 Å². The largest absolute Gasteiger partial charge is 0.369 e. The summed E-state index contributed by atoms with van der Waals surface area (Å²) < 4.78 is 50.2. The summed E-state index contributed by atoms with van der Waals surface area (Å²) >= 11 is 0. The molecule has 0 amide bonds. The van der Waals surface area contributed by atoms with Crippen LogP contribution >= 0.6 is 0 Å². The summed E-state index contributed by atoms with van der Waals surface area (Å²) in [6.07, 6.45) is 1.42. The van der Waals surface area contributed by atoms with Gasteiger partial charge in [0.15, 0.2) is 5.82 Å². The van der Waals surface area contributed by atoms with Crippen LogP contribution in [0.15, 0.2) is 12.1 Å². The molecule has 0 atom stereocenters. The summed E-state index contributed by atoms with van der Waals surface area (Å²) in [7, 11) is -3.08. The highest BCUT2D eigenvalue weighted by Gasteiger charge is 2.14. The highest BCUT2D eigenvalue weighted by molar-refractivity contribution is 7.90. The Kier molecular flexibility index (Phi) is 3.44. The van der Waals surface area contributed by atoms with Gasteiger partial charge in [0.2, 0.25) is 5.95 Å². The maximum absolute atomic E-state index is 13.5. The quantitative estimate of drug-likeness (QED) is 0.921. The lowest BCUT2D eigenvalue weighted by atomic mass is 10.3. The Morgan fingerprint density at radius 3 is 2.68 bits per heavy atom. The lowest BCUT2D eigenvalue weighted by molar-refractivity contribution is 0.587. The van der Waals surface area contributed by atoms with Gasteiger partial charge in [-0.2, -0.15) is 0 Å². The highest BCUT2D eigenvalue weighted by Crippen LogP contribution is 2.22. The molecular weight excluding hydrogens is 276 g/mol. The fraction of sp³-hybridized carbons (Fsp3) is 0.364. The van der Waals surface area contributed by atoms with Crippen LogP contribution in [0.4, 0.5) is 14.7 Å². The maximum Gasteiger partial charge on any atom is 0.201 e. The van der Waals surface area contributed by atoms with Crippen LogP contribution < -0.4 is 5.73 Å². The van der Waals surface area contributed by atoms with Crippen molar-refractivity contribution in [2.45, 2.75) is 13.0 Å². The van der Waals surface area contributed by atoms with Gasteiger partial charge in [0, 0.05) is 24.9 Å². The zero-order valence-corrected chi connectivity index (χ0v) is 11.0. The van der Waals surface area contributed by atoms with Crippen molar-refractivity contribution in [2.75, 3.05) is 17.7 Å². The summed E-state index contributed by atoms with van der Waals surface area (Å²) in [4.78, 5) is 3.82. The van der Waals surface area contributed by atoms with Gasteiger partial charge < -0.3 is 10.3 Å². The van der Waals surface area contributed by atoms with E-state index in [1.165, 1.54) is 4.57 Å². The summed E-state index contributed by atoms with van der Waals surface area (Å²) in [6.45, 7) is 0.234. The molecule has 5 nitrogen and oxygen atoms in total. The number of hydrogen-bond acceptors (Lipinski definition) is 4. The van der Waals surface area contributed by atoms with Gasteiger partial charge >= 0.3 is 0 Å². The van der Waals surface area contributed by atoms with E-state index in [1.807, 2.05) is 0 Å². The number of nitrogens with zero attached hydrogens (tertiary/aromatic N) is 2. The summed E-state index contributed by atoms with van der Waals surface area (Å²) in [5, 5.41) is 0. The molecule has 0 bridgehead atoms. The first-order valence-corrected chi connectivity index (χ1v) is 7.62. The van der Waals surface area contributed by atoms with Gasteiger partial charge in [0.05, 0.1) is 11.3 Å². The van der Waals surface area contributed by atoms with Gasteiger partial charge in [0.25, 0.3) is 0 Å². The van der Waals surface area contributed by atoms with E-state index in [0.29, 0.717) is 6.42 Å². The molecule has 0 unspecified atom stereocenters. The number of nitrogens with two attached hydrogens (primary N) is 1. The first kappa shape index (κ1) is 13.7. The number of hydrogen-bond donors (Lipinski definition) is 1. The molecule has 0 spiro atoms. The van der Waals surface area contributed by atoms with Crippen molar-refractivity contribution in [1.29, 1.82) is 0 Å². The molecular formula is C11H13F2N3O2S. The van der Waals surface area contributed by atoms with Gasteiger partial charge in [0.1, 0.15) is 21.2 Å². The molecule has 1 heterocycles. The zero-order valence-electron chi connectivity index (χ0n) is 10.2. The Morgan fingerprint density at radius 1 is 1.37 bits per heavy atom.